The molecular formula is C23H26N6O4S. The number of fused-ring (bicyclic) bond motifs is 1. The van der Waals surface area contributed by atoms with Crippen LogP contribution in [0, 0.1) is 5.41 Å². The first-order valence-electron chi connectivity index (χ1n) is 11.2. The van der Waals surface area contributed by atoms with Gasteiger partial charge in [-0.2, -0.15) is 0 Å². The molecule has 10 nitrogen and oxygen atoms in total. The second kappa shape index (κ2) is 8.15. The smallest absolute Gasteiger partial charge is 0.338 e. The molecule has 1 spiro atoms. The number of piperidine rings is 1. The Hall–Kier alpha value is -3.34. The highest BCUT2D eigenvalue weighted by Gasteiger charge is 2.43. The van der Waals surface area contributed by atoms with Crippen LogP contribution in [0.4, 0.5) is 5.13 Å². The molecule has 0 amide bonds. The predicted octanol–water partition coefficient (Wildman–Crippen LogP) is 3.22. The molecule has 1 atom stereocenters. The van der Waals surface area contributed by atoms with Crippen molar-refractivity contribution in [3.63, 3.8) is 0 Å². The van der Waals surface area contributed by atoms with E-state index in [-0.39, 0.29) is 5.97 Å². The number of anilines is 1. The van der Waals surface area contributed by atoms with Crippen molar-refractivity contribution in [3.8, 4) is 10.7 Å². The minimum atomic E-state index is -1.00. The lowest BCUT2D eigenvalue weighted by Gasteiger charge is -2.43. The Labute approximate surface area is 200 Å². The molecule has 4 heterocycles. The lowest BCUT2D eigenvalue weighted by molar-refractivity contribution is -0.145. The number of ether oxygens (including phenoxy) is 1. The largest absolute Gasteiger partial charge is 0.480 e. The summed E-state index contributed by atoms with van der Waals surface area (Å²) >= 11 is 1.44. The molecule has 1 fully saturated rings. The van der Waals surface area contributed by atoms with Gasteiger partial charge in [0.1, 0.15) is 5.60 Å². The number of rotatable bonds is 4. The minimum Gasteiger partial charge on any atom is -0.480 e. The second-order valence-electron chi connectivity index (χ2n) is 9.94. The van der Waals surface area contributed by atoms with E-state index in [4.69, 9.17) is 4.74 Å². The van der Waals surface area contributed by atoms with Crippen molar-refractivity contribution < 1.29 is 19.4 Å². The number of nitrogens with zero attached hydrogens (tertiary/aromatic N) is 6. The van der Waals surface area contributed by atoms with Crippen molar-refractivity contribution in [1.29, 1.82) is 0 Å². The van der Waals surface area contributed by atoms with Gasteiger partial charge in [-0.25, -0.2) is 14.6 Å². The SMILES string of the molecule is CC(C)(C)C(C(=O)O)n1nnc(-c2cnc(N3CCC4(CC3)Cc3ccccc3C(=O)O4)s2)n1. The summed E-state index contributed by atoms with van der Waals surface area (Å²) in [4.78, 5) is 32.9. The first-order chi connectivity index (χ1) is 16.2. The summed E-state index contributed by atoms with van der Waals surface area (Å²) in [6.45, 7) is 6.90. The highest BCUT2D eigenvalue weighted by atomic mass is 32.1. The quantitative estimate of drug-likeness (QED) is 0.558. The van der Waals surface area contributed by atoms with Crippen LogP contribution in [0.1, 0.15) is 55.6 Å². The lowest BCUT2D eigenvalue weighted by atomic mass is 9.82. The third-order valence-corrected chi connectivity index (χ3v) is 7.49. The normalized spacial score (nSPS) is 18.4. The lowest BCUT2D eigenvalue weighted by Crippen LogP contribution is -2.50. The molecular weight excluding hydrogens is 456 g/mol. The number of benzene rings is 1. The van der Waals surface area contributed by atoms with Crippen molar-refractivity contribution in [2.45, 2.75) is 51.7 Å². The van der Waals surface area contributed by atoms with Crippen molar-refractivity contribution in [2.24, 2.45) is 5.41 Å². The fourth-order valence-corrected chi connectivity index (χ4v) is 5.55. The molecule has 1 saturated heterocycles. The summed E-state index contributed by atoms with van der Waals surface area (Å²) in [5.74, 6) is -0.892. The molecule has 0 aliphatic carbocycles. The average Bonchev–Trinajstić information content (AvgIpc) is 3.43. The van der Waals surface area contributed by atoms with Crippen LogP contribution in [0.5, 0.6) is 0 Å². The third-order valence-electron chi connectivity index (χ3n) is 6.43. The number of aromatic nitrogens is 5. The Morgan fingerprint density at radius 3 is 2.68 bits per heavy atom. The number of carboxylic acids is 1. The zero-order chi connectivity index (χ0) is 24.1. The molecule has 2 aliphatic heterocycles. The molecule has 178 valence electrons. The van der Waals surface area contributed by atoms with E-state index in [2.05, 4.69) is 25.3 Å². The van der Waals surface area contributed by atoms with E-state index in [0.29, 0.717) is 24.5 Å². The molecule has 5 rings (SSSR count). The molecule has 2 aliphatic rings. The predicted molar refractivity (Wildman–Crippen MR) is 125 cm³/mol. The second-order valence-corrected chi connectivity index (χ2v) is 10.9. The molecule has 0 radical (unpaired) electrons. The van der Waals surface area contributed by atoms with E-state index in [1.165, 1.54) is 11.3 Å². The van der Waals surface area contributed by atoms with Crippen LogP contribution < -0.4 is 4.90 Å². The van der Waals surface area contributed by atoms with Gasteiger partial charge in [-0.1, -0.05) is 50.3 Å². The molecule has 11 heteroatoms. The topological polar surface area (TPSA) is 123 Å². The van der Waals surface area contributed by atoms with Crippen LogP contribution >= 0.6 is 11.3 Å². The minimum absolute atomic E-state index is 0.240. The maximum absolute atomic E-state index is 12.5. The van der Waals surface area contributed by atoms with E-state index in [1.54, 1.807) is 6.20 Å². The van der Waals surface area contributed by atoms with Crippen molar-refractivity contribution >= 4 is 28.4 Å². The molecule has 0 saturated carbocycles. The number of thiazole rings is 1. The number of hydrogen-bond donors (Lipinski definition) is 1. The van der Waals surface area contributed by atoms with Crippen LogP contribution in [0.2, 0.25) is 0 Å². The monoisotopic (exact) mass is 482 g/mol. The summed E-state index contributed by atoms with van der Waals surface area (Å²) < 4.78 is 5.91. The van der Waals surface area contributed by atoms with Crippen LogP contribution in [0.15, 0.2) is 30.5 Å². The van der Waals surface area contributed by atoms with E-state index in [1.807, 2.05) is 45.0 Å². The van der Waals surface area contributed by atoms with Gasteiger partial charge in [-0.15, -0.1) is 15.0 Å². The zero-order valence-electron chi connectivity index (χ0n) is 19.3. The van der Waals surface area contributed by atoms with Crippen molar-refractivity contribution in [3.05, 3.63) is 41.6 Å². The Morgan fingerprint density at radius 1 is 1.24 bits per heavy atom. The third kappa shape index (κ3) is 4.04. The van der Waals surface area contributed by atoms with Gasteiger partial charge in [0, 0.05) is 32.4 Å². The molecule has 34 heavy (non-hydrogen) atoms. The van der Waals surface area contributed by atoms with Gasteiger partial charge < -0.3 is 14.7 Å². The molecule has 0 bridgehead atoms. The number of carbonyl (C=O) groups is 2. The van der Waals surface area contributed by atoms with Gasteiger partial charge in [-0.05, 0) is 22.3 Å². The Morgan fingerprint density at radius 2 is 1.97 bits per heavy atom. The van der Waals surface area contributed by atoms with Crippen LogP contribution in [0.25, 0.3) is 10.7 Å². The van der Waals surface area contributed by atoms with Gasteiger partial charge in [0.2, 0.25) is 5.82 Å². The number of carboxylic acid groups (broad SMARTS) is 1. The summed E-state index contributed by atoms with van der Waals surface area (Å²) in [7, 11) is 0. The van der Waals surface area contributed by atoms with Gasteiger partial charge in [0.25, 0.3) is 0 Å². The van der Waals surface area contributed by atoms with Gasteiger partial charge in [0.05, 0.1) is 16.6 Å². The van der Waals surface area contributed by atoms with Crippen LogP contribution in [-0.2, 0) is 16.0 Å². The number of carbonyl (C=O) groups excluding carboxylic acids is 1. The van der Waals surface area contributed by atoms with Crippen LogP contribution in [-0.4, -0.2) is 60.9 Å². The average molecular weight is 483 g/mol. The maximum atomic E-state index is 12.5. The standard InChI is InChI=1S/C23H26N6O4S/c1-22(2,3)17(19(30)31)29-26-18(25-27-29)16-13-24-21(34-16)28-10-8-23(9-11-28)12-14-6-4-5-7-15(14)20(32)33-23/h4-7,13,17H,8-12H2,1-3H3,(H,30,31). The zero-order valence-corrected chi connectivity index (χ0v) is 20.1. The molecule has 1 N–H and O–H groups in total. The van der Waals surface area contributed by atoms with E-state index >= 15 is 0 Å². The number of esters is 1. The molecule has 2 aromatic heterocycles. The summed E-state index contributed by atoms with van der Waals surface area (Å²) in [5, 5.41) is 22.8. The number of tetrazole rings is 1. The number of aliphatic carboxylic acids is 1. The van der Waals surface area contributed by atoms with Gasteiger partial charge >= 0.3 is 11.9 Å². The molecule has 1 aromatic carbocycles. The summed E-state index contributed by atoms with van der Waals surface area (Å²) in [5.41, 5.74) is 0.672. The Balaban J connectivity index is 1.29. The van der Waals surface area contributed by atoms with E-state index in [0.717, 1.165) is 39.6 Å². The highest BCUT2D eigenvalue weighted by Crippen LogP contribution is 2.39. The fourth-order valence-electron chi connectivity index (χ4n) is 4.66. The van der Waals surface area contributed by atoms with Crippen molar-refractivity contribution in [1.82, 2.24) is 25.2 Å². The first-order valence-corrected chi connectivity index (χ1v) is 12.0. The van der Waals surface area contributed by atoms with Gasteiger partial charge in [-0.3, -0.25) is 0 Å². The molecule has 1 unspecified atom stereocenters. The summed E-state index contributed by atoms with van der Waals surface area (Å²) in [6.07, 6.45) is 3.87. The summed E-state index contributed by atoms with van der Waals surface area (Å²) in [6, 6.07) is 6.72. The van der Waals surface area contributed by atoms with Crippen molar-refractivity contribution in [2.75, 3.05) is 18.0 Å². The molecule has 3 aromatic rings. The van der Waals surface area contributed by atoms with Gasteiger partial charge in [0.15, 0.2) is 11.2 Å². The Kier molecular flexibility index (Phi) is 5.38. The van der Waals surface area contributed by atoms with E-state index in [9.17, 15) is 14.7 Å². The number of hydrogen-bond acceptors (Lipinski definition) is 9. The maximum Gasteiger partial charge on any atom is 0.338 e. The van der Waals surface area contributed by atoms with E-state index < -0.39 is 23.0 Å². The first kappa shape index (κ1) is 22.5. The fraction of sp³-hybridized carbons (Fsp3) is 0.478. The highest BCUT2D eigenvalue weighted by molar-refractivity contribution is 7.18. The Bertz CT molecular complexity index is 1240. The van der Waals surface area contributed by atoms with Crippen LogP contribution in [0.3, 0.4) is 0 Å².